The van der Waals surface area contributed by atoms with Gasteiger partial charge in [-0.25, -0.2) is 0 Å². The number of benzene rings is 2. The maximum absolute atomic E-state index is 12.2. The molecule has 3 rings (SSSR count). The lowest BCUT2D eigenvalue weighted by atomic mass is 9.88. The van der Waals surface area contributed by atoms with Crippen molar-refractivity contribution in [3.63, 3.8) is 0 Å². The van der Waals surface area contributed by atoms with E-state index in [0.717, 1.165) is 22.4 Å². The molecule has 1 unspecified atom stereocenters. The average molecular weight is 455 g/mol. The summed E-state index contributed by atoms with van der Waals surface area (Å²) in [5.41, 5.74) is 2.98. The maximum Gasteiger partial charge on any atom is 0.256 e. The molecular formula is C20H18Cl3N3O3. The number of carbonyl (C=O) groups is 1. The number of hydrogen-bond donors (Lipinski definition) is 1. The normalized spacial score (nSPS) is 18.5. The molecule has 2 aromatic rings. The molecule has 0 bridgehead atoms. The summed E-state index contributed by atoms with van der Waals surface area (Å²) in [6.45, 7) is 3.75. The molecule has 0 aliphatic carbocycles. The van der Waals surface area contributed by atoms with Crippen molar-refractivity contribution in [2.24, 2.45) is 10.3 Å². The summed E-state index contributed by atoms with van der Waals surface area (Å²) in [5.74, 6) is -0.283. The van der Waals surface area contributed by atoms with Crippen molar-refractivity contribution in [2.75, 3.05) is 7.11 Å². The van der Waals surface area contributed by atoms with Crippen molar-refractivity contribution in [3.05, 3.63) is 67.7 Å². The predicted octanol–water partition coefficient (Wildman–Crippen LogP) is 5.31. The zero-order valence-electron chi connectivity index (χ0n) is 15.9. The van der Waals surface area contributed by atoms with Crippen LogP contribution in [0.5, 0.6) is 0 Å². The second kappa shape index (κ2) is 8.61. The molecule has 1 atom stereocenters. The third kappa shape index (κ3) is 4.50. The largest absolute Gasteiger partial charge is 0.398 e. The fourth-order valence-corrected chi connectivity index (χ4v) is 3.62. The van der Waals surface area contributed by atoms with Crippen molar-refractivity contribution >= 4 is 52.8 Å². The second-order valence-electron chi connectivity index (χ2n) is 6.71. The topological polar surface area (TPSA) is 72.3 Å². The molecule has 1 amide bonds. The fourth-order valence-electron chi connectivity index (χ4n) is 3.02. The number of aryl methyl sites for hydroxylation is 1. The summed E-state index contributed by atoms with van der Waals surface area (Å²) in [7, 11) is 1.40. The SMILES string of the molecule is CON=CNC(=O)c1ccc(C2=NOC(C)(c3cc(Cl)c(Cl)c(Cl)c3)C2)cc1C. The van der Waals surface area contributed by atoms with Crippen molar-refractivity contribution in [1.29, 1.82) is 0 Å². The van der Waals surface area contributed by atoms with Crippen LogP contribution in [-0.4, -0.2) is 25.1 Å². The van der Waals surface area contributed by atoms with Crippen LogP contribution >= 0.6 is 34.8 Å². The molecule has 0 saturated heterocycles. The highest BCUT2D eigenvalue weighted by molar-refractivity contribution is 6.48. The first-order chi connectivity index (χ1) is 13.7. The van der Waals surface area contributed by atoms with Gasteiger partial charge in [0, 0.05) is 17.5 Å². The molecule has 1 N–H and O–H groups in total. The standard InChI is InChI=1S/C20H18Cl3N3O3/c1-11-6-12(4-5-14(11)19(27)24-10-25-28-3)17-9-20(2,29-26-17)13-7-15(21)18(23)16(22)8-13/h4-8,10H,9H2,1-3H3,(H,24,25,27). The van der Waals surface area contributed by atoms with Gasteiger partial charge in [-0.15, -0.1) is 0 Å². The smallest absolute Gasteiger partial charge is 0.256 e. The number of amides is 1. The first kappa shape index (κ1) is 21.4. The van der Waals surface area contributed by atoms with Gasteiger partial charge in [0.2, 0.25) is 0 Å². The summed E-state index contributed by atoms with van der Waals surface area (Å²) >= 11 is 18.4. The van der Waals surface area contributed by atoms with E-state index in [9.17, 15) is 4.79 Å². The van der Waals surface area contributed by atoms with Crippen molar-refractivity contribution in [1.82, 2.24) is 5.32 Å². The van der Waals surface area contributed by atoms with E-state index >= 15 is 0 Å². The molecule has 1 heterocycles. The number of nitrogens with zero attached hydrogens (tertiary/aromatic N) is 2. The lowest BCUT2D eigenvalue weighted by Crippen LogP contribution is -2.23. The average Bonchev–Trinajstić information content (AvgIpc) is 3.09. The van der Waals surface area contributed by atoms with Gasteiger partial charge in [0.25, 0.3) is 5.91 Å². The van der Waals surface area contributed by atoms with Crippen LogP contribution in [0.4, 0.5) is 0 Å². The van der Waals surface area contributed by atoms with Gasteiger partial charge in [-0.2, -0.15) is 0 Å². The quantitative estimate of drug-likeness (QED) is 0.288. The lowest BCUT2D eigenvalue weighted by Gasteiger charge is -2.22. The third-order valence-electron chi connectivity index (χ3n) is 4.61. The summed E-state index contributed by atoms with van der Waals surface area (Å²) in [5, 5.41) is 11.3. The molecule has 1 aliphatic rings. The van der Waals surface area contributed by atoms with Crippen LogP contribution in [0.3, 0.4) is 0 Å². The second-order valence-corrected chi connectivity index (χ2v) is 7.90. The summed E-state index contributed by atoms with van der Waals surface area (Å²) in [6, 6.07) is 8.90. The predicted molar refractivity (Wildman–Crippen MR) is 115 cm³/mol. The van der Waals surface area contributed by atoms with E-state index < -0.39 is 5.60 Å². The van der Waals surface area contributed by atoms with E-state index in [1.807, 2.05) is 26.0 Å². The molecule has 2 aromatic carbocycles. The van der Waals surface area contributed by atoms with Crippen LogP contribution in [0.25, 0.3) is 0 Å². The van der Waals surface area contributed by atoms with E-state index in [1.165, 1.54) is 13.4 Å². The van der Waals surface area contributed by atoms with E-state index in [0.29, 0.717) is 27.1 Å². The molecule has 0 aromatic heterocycles. The molecule has 152 valence electrons. The number of hydrogen-bond acceptors (Lipinski definition) is 5. The van der Waals surface area contributed by atoms with Gasteiger partial charge in [0.1, 0.15) is 13.4 Å². The number of halogens is 3. The Kier molecular flexibility index (Phi) is 6.36. The third-order valence-corrected chi connectivity index (χ3v) is 5.81. The van der Waals surface area contributed by atoms with Gasteiger partial charge in [0.15, 0.2) is 5.60 Å². The van der Waals surface area contributed by atoms with Gasteiger partial charge >= 0.3 is 0 Å². The van der Waals surface area contributed by atoms with Crippen LogP contribution in [0.1, 0.15) is 40.4 Å². The Labute approximate surface area is 183 Å². The monoisotopic (exact) mass is 453 g/mol. The lowest BCUT2D eigenvalue weighted by molar-refractivity contribution is -0.00737. The Bertz CT molecular complexity index is 1000. The van der Waals surface area contributed by atoms with Crippen LogP contribution in [0.2, 0.25) is 15.1 Å². The van der Waals surface area contributed by atoms with Crippen LogP contribution < -0.4 is 5.32 Å². The number of rotatable bonds is 5. The first-order valence-corrected chi connectivity index (χ1v) is 9.75. The Hall–Kier alpha value is -2.28. The highest BCUT2D eigenvalue weighted by Gasteiger charge is 2.37. The van der Waals surface area contributed by atoms with E-state index in [-0.39, 0.29) is 5.91 Å². The molecule has 0 radical (unpaired) electrons. The Morgan fingerprint density at radius 1 is 1.28 bits per heavy atom. The van der Waals surface area contributed by atoms with Crippen LogP contribution in [-0.2, 0) is 15.3 Å². The summed E-state index contributed by atoms with van der Waals surface area (Å²) in [4.78, 5) is 22.5. The van der Waals surface area contributed by atoms with Gasteiger partial charge in [-0.1, -0.05) is 51.2 Å². The van der Waals surface area contributed by atoms with Crippen LogP contribution in [0, 0.1) is 6.92 Å². The number of oxime groups is 2. The highest BCUT2D eigenvalue weighted by atomic mass is 35.5. The Balaban J connectivity index is 1.80. The van der Waals surface area contributed by atoms with Crippen molar-refractivity contribution in [2.45, 2.75) is 25.9 Å². The van der Waals surface area contributed by atoms with Crippen LogP contribution in [0.15, 0.2) is 40.6 Å². The molecule has 6 nitrogen and oxygen atoms in total. The van der Waals surface area contributed by atoms with Gasteiger partial charge in [-0.05, 0) is 49.2 Å². The molecule has 0 fully saturated rings. The molecule has 9 heteroatoms. The summed E-state index contributed by atoms with van der Waals surface area (Å²) in [6.07, 6.45) is 1.70. The Morgan fingerprint density at radius 2 is 1.97 bits per heavy atom. The zero-order chi connectivity index (χ0) is 21.2. The highest BCUT2D eigenvalue weighted by Crippen LogP contribution is 2.41. The van der Waals surface area contributed by atoms with Gasteiger partial charge < -0.3 is 15.0 Å². The van der Waals surface area contributed by atoms with E-state index in [2.05, 4.69) is 20.5 Å². The maximum atomic E-state index is 12.2. The fraction of sp³-hybridized carbons (Fsp3) is 0.250. The first-order valence-electron chi connectivity index (χ1n) is 8.62. The summed E-state index contributed by atoms with van der Waals surface area (Å²) < 4.78 is 0. The van der Waals surface area contributed by atoms with Gasteiger partial charge in [-0.3, -0.25) is 4.79 Å². The minimum Gasteiger partial charge on any atom is -0.398 e. The Morgan fingerprint density at radius 3 is 2.59 bits per heavy atom. The minimum absolute atomic E-state index is 0.283. The van der Waals surface area contributed by atoms with E-state index in [1.54, 1.807) is 18.2 Å². The zero-order valence-corrected chi connectivity index (χ0v) is 18.2. The minimum atomic E-state index is -0.728. The van der Waals surface area contributed by atoms with E-state index in [4.69, 9.17) is 39.6 Å². The molecule has 29 heavy (non-hydrogen) atoms. The van der Waals surface area contributed by atoms with Crippen molar-refractivity contribution in [3.8, 4) is 0 Å². The molecule has 0 spiro atoms. The number of nitrogens with one attached hydrogen (secondary N) is 1. The molecule has 1 aliphatic heterocycles. The molecular weight excluding hydrogens is 437 g/mol. The number of carbonyl (C=O) groups excluding carboxylic acids is 1. The molecule has 0 saturated carbocycles. The van der Waals surface area contributed by atoms with Gasteiger partial charge in [0.05, 0.1) is 20.8 Å². The van der Waals surface area contributed by atoms with Crippen molar-refractivity contribution < 1.29 is 14.5 Å².